The molecule has 1 amide bonds. The molecule has 3 heteroatoms. The Morgan fingerprint density at radius 3 is 3.11 bits per heavy atom. The predicted octanol–water partition coefficient (Wildman–Crippen LogP) is 2.16. The monoisotopic (exact) mass is 257 g/mol. The second-order valence-corrected chi connectivity index (χ2v) is 4.84. The zero-order valence-corrected chi connectivity index (χ0v) is 11.2. The Kier molecular flexibility index (Phi) is 4.46. The van der Waals surface area contributed by atoms with Gasteiger partial charge in [-0.1, -0.05) is 37.5 Å². The molecule has 0 saturated carbocycles. The van der Waals surface area contributed by atoms with Crippen molar-refractivity contribution in [2.45, 2.75) is 32.2 Å². The van der Waals surface area contributed by atoms with Gasteiger partial charge in [0.05, 0.1) is 12.0 Å². The van der Waals surface area contributed by atoms with Gasteiger partial charge in [0, 0.05) is 0 Å². The summed E-state index contributed by atoms with van der Waals surface area (Å²) < 4.78 is 5.62. The maximum absolute atomic E-state index is 12.2. The van der Waals surface area contributed by atoms with Crippen LogP contribution in [0.4, 0.5) is 0 Å². The van der Waals surface area contributed by atoms with Crippen LogP contribution in [0.2, 0.25) is 0 Å². The third-order valence-electron chi connectivity index (χ3n) is 3.34. The first-order valence-electron chi connectivity index (χ1n) is 6.71. The Morgan fingerprint density at radius 1 is 1.58 bits per heavy atom. The molecule has 0 saturated heterocycles. The van der Waals surface area contributed by atoms with Crippen molar-refractivity contribution in [2.24, 2.45) is 5.92 Å². The zero-order valence-electron chi connectivity index (χ0n) is 11.2. The van der Waals surface area contributed by atoms with E-state index in [1.807, 2.05) is 24.3 Å². The van der Waals surface area contributed by atoms with Crippen molar-refractivity contribution in [3.05, 3.63) is 29.8 Å². The number of carbonyl (C=O) groups excluding carboxylic acids is 1. The summed E-state index contributed by atoms with van der Waals surface area (Å²) in [6.07, 6.45) is 7.90. The highest BCUT2D eigenvalue weighted by Crippen LogP contribution is 2.26. The highest BCUT2D eigenvalue weighted by Gasteiger charge is 2.26. The van der Waals surface area contributed by atoms with Crippen LogP contribution in [-0.2, 0) is 11.2 Å². The molecular formula is C16H19NO2. The number of terminal acetylenes is 1. The van der Waals surface area contributed by atoms with E-state index in [1.165, 1.54) is 0 Å². The number of benzene rings is 1. The van der Waals surface area contributed by atoms with Crippen LogP contribution < -0.4 is 10.1 Å². The maximum Gasteiger partial charge on any atom is 0.227 e. The molecule has 1 aromatic rings. The minimum absolute atomic E-state index is 0.00842. The lowest BCUT2D eigenvalue weighted by Gasteiger charge is -2.25. The molecule has 0 aliphatic carbocycles. The quantitative estimate of drug-likeness (QED) is 0.839. The van der Waals surface area contributed by atoms with E-state index in [0.717, 1.165) is 24.2 Å². The van der Waals surface area contributed by atoms with Crippen molar-refractivity contribution >= 4 is 5.91 Å². The lowest BCUT2D eigenvalue weighted by atomic mass is 9.95. The molecule has 0 spiro atoms. The number of nitrogens with one attached hydrogen (secondary N) is 1. The van der Waals surface area contributed by atoms with Gasteiger partial charge in [-0.15, -0.1) is 6.42 Å². The van der Waals surface area contributed by atoms with Crippen molar-refractivity contribution < 1.29 is 9.53 Å². The molecule has 1 heterocycles. The van der Waals surface area contributed by atoms with Crippen LogP contribution in [-0.4, -0.2) is 18.6 Å². The maximum atomic E-state index is 12.2. The fraction of sp³-hybridized carbons (Fsp3) is 0.438. The molecule has 1 aromatic carbocycles. The van der Waals surface area contributed by atoms with Gasteiger partial charge in [0.25, 0.3) is 0 Å². The molecule has 1 aliphatic heterocycles. The predicted molar refractivity (Wildman–Crippen MR) is 74.8 cm³/mol. The summed E-state index contributed by atoms with van der Waals surface area (Å²) >= 11 is 0. The van der Waals surface area contributed by atoms with Crippen LogP contribution in [0.25, 0.3) is 0 Å². The Hall–Kier alpha value is -1.95. The molecule has 2 rings (SSSR count). The van der Waals surface area contributed by atoms with Crippen LogP contribution in [0.1, 0.15) is 25.3 Å². The van der Waals surface area contributed by atoms with Crippen molar-refractivity contribution in [1.29, 1.82) is 0 Å². The van der Waals surface area contributed by atoms with Crippen LogP contribution in [0, 0.1) is 18.3 Å². The van der Waals surface area contributed by atoms with E-state index in [9.17, 15) is 4.79 Å². The molecule has 0 aromatic heterocycles. The van der Waals surface area contributed by atoms with Gasteiger partial charge in [-0.05, 0) is 24.5 Å². The van der Waals surface area contributed by atoms with Crippen LogP contribution in [0.3, 0.4) is 0 Å². The standard InChI is InChI=1S/C16H19NO2/c1-3-7-14(4-2)17-16(18)13-10-12-8-5-6-9-15(12)19-11-13/h2,5-6,8-9,13-14H,3,7,10-11H2,1H3,(H,17,18). The lowest BCUT2D eigenvalue weighted by molar-refractivity contribution is -0.126. The van der Waals surface area contributed by atoms with E-state index >= 15 is 0 Å². The normalized spacial score (nSPS) is 18.6. The number of ether oxygens (including phenoxy) is 1. The zero-order chi connectivity index (χ0) is 13.7. The van der Waals surface area contributed by atoms with Gasteiger partial charge in [-0.3, -0.25) is 4.79 Å². The molecule has 0 fully saturated rings. The van der Waals surface area contributed by atoms with Gasteiger partial charge < -0.3 is 10.1 Å². The molecule has 1 N–H and O–H groups in total. The van der Waals surface area contributed by atoms with Crippen molar-refractivity contribution in [3.63, 3.8) is 0 Å². The molecule has 1 aliphatic rings. The van der Waals surface area contributed by atoms with Crippen LogP contribution >= 0.6 is 0 Å². The SMILES string of the molecule is C#CC(CCC)NC(=O)C1COc2ccccc2C1. The molecule has 2 unspecified atom stereocenters. The average molecular weight is 257 g/mol. The van der Waals surface area contributed by atoms with E-state index < -0.39 is 0 Å². The number of hydrogen-bond donors (Lipinski definition) is 1. The number of para-hydroxylation sites is 1. The molecular weight excluding hydrogens is 238 g/mol. The molecule has 100 valence electrons. The topological polar surface area (TPSA) is 38.3 Å². The Balaban J connectivity index is 1.97. The van der Waals surface area contributed by atoms with Gasteiger partial charge in [-0.2, -0.15) is 0 Å². The average Bonchev–Trinajstić information content (AvgIpc) is 2.46. The van der Waals surface area contributed by atoms with Gasteiger partial charge in [0.15, 0.2) is 0 Å². The van der Waals surface area contributed by atoms with Crippen molar-refractivity contribution in [2.75, 3.05) is 6.61 Å². The summed E-state index contributed by atoms with van der Waals surface area (Å²) in [6, 6.07) is 7.66. The Bertz CT molecular complexity index is 490. The minimum Gasteiger partial charge on any atom is -0.492 e. The number of rotatable bonds is 4. The molecule has 19 heavy (non-hydrogen) atoms. The second kappa shape index (κ2) is 6.29. The molecule has 3 nitrogen and oxygen atoms in total. The Morgan fingerprint density at radius 2 is 2.37 bits per heavy atom. The summed E-state index contributed by atoms with van der Waals surface area (Å²) in [5.41, 5.74) is 1.08. The smallest absolute Gasteiger partial charge is 0.227 e. The van der Waals surface area contributed by atoms with Gasteiger partial charge in [-0.25, -0.2) is 0 Å². The first-order valence-corrected chi connectivity index (χ1v) is 6.71. The van der Waals surface area contributed by atoms with Crippen LogP contribution in [0.5, 0.6) is 5.75 Å². The van der Waals surface area contributed by atoms with E-state index in [-0.39, 0.29) is 17.9 Å². The summed E-state index contributed by atoms with van der Waals surface area (Å²) in [5, 5.41) is 2.91. The second-order valence-electron chi connectivity index (χ2n) is 4.84. The molecule has 0 bridgehead atoms. The molecule has 2 atom stereocenters. The van der Waals surface area contributed by atoms with Crippen molar-refractivity contribution in [3.8, 4) is 18.1 Å². The minimum atomic E-state index is -0.172. The van der Waals surface area contributed by atoms with E-state index in [1.54, 1.807) is 0 Å². The highest BCUT2D eigenvalue weighted by atomic mass is 16.5. The van der Waals surface area contributed by atoms with E-state index in [0.29, 0.717) is 13.0 Å². The summed E-state index contributed by atoms with van der Waals surface area (Å²) in [6.45, 7) is 2.47. The number of hydrogen-bond acceptors (Lipinski definition) is 2. The number of carbonyl (C=O) groups is 1. The third-order valence-corrected chi connectivity index (χ3v) is 3.34. The summed E-state index contributed by atoms with van der Waals surface area (Å²) in [5.74, 6) is 3.34. The Labute approximate surface area is 114 Å². The number of fused-ring (bicyclic) bond motifs is 1. The third kappa shape index (κ3) is 3.29. The number of amides is 1. The van der Waals surface area contributed by atoms with Gasteiger partial charge in [0.1, 0.15) is 12.4 Å². The van der Waals surface area contributed by atoms with Crippen molar-refractivity contribution in [1.82, 2.24) is 5.32 Å². The van der Waals surface area contributed by atoms with Gasteiger partial charge >= 0.3 is 0 Å². The summed E-state index contributed by atoms with van der Waals surface area (Å²) in [7, 11) is 0. The van der Waals surface area contributed by atoms with Crippen LogP contribution in [0.15, 0.2) is 24.3 Å². The highest BCUT2D eigenvalue weighted by molar-refractivity contribution is 5.80. The van der Waals surface area contributed by atoms with Gasteiger partial charge in [0.2, 0.25) is 5.91 Å². The lowest BCUT2D eigenvalue weighted by Crippen LogP contribution is -2.42. The summed E-state index contributed by atoms with van der Waals surface area (Å²) in [4.78, 5) is 12.2. The fourth-order valence-corrected chi connectivity index (χ4v) is 2.27. The van der Waals surface area contributed by atoms with E-state index in [4.69, 9.17) is 11.2 Å². The first kappa shape index (κ1) is 13.5. The van der Waals surface area contributed by atoms with E-state index in [2.05, 4.69) is 18.2 Å². The fourth-order valence-electron chi connectivity index (χ4n) is 2.27. The first-order chi connectivity index (χ1) is 9.24. The molecule has 0 radical (unpaired) electrons. The largest absolute Gasteiger partial charge is 0.492 e.